The van der Waals surface area contributed by atoms with Gasteiger partial charge < -0.3 is 0 Å². The molecule has 64 valence electrons. The molecule has 0 saturated carbocycles. The number of hydrogen-bond acceptors (Lipinski definition) is 6. The van der Waals surface area contributed by atoms with Crippen molar-refractivity contribution in [3.63, 3.8) is 0 Å². The lowest BCUT2D eigenvalue weighted by molar-refractivity contribution is 0.348. The highest BCUT2D eigenvalue weighted by molar-refractivity contribution is 4.87. The Balaban J connectivity index is 4.22. The lowest BCUT2D eigenvalue weighted by Crippen LogP contribution is -2.56. The van der Waals surface area contributed by atoms with Gasteiger partial charge in [0.15, 0.2) is 0 Å². The van der Waals surface area contributed by atoms with Gasteiger partial charge >= 0.3 is 0 Å². The van der Waals surface area contributed by atoms with Crippen LogP contribution in [0.3, 0.4) is 0 Å². The molecule has 0 aliphatic carbocycles. The van der Waals surface area contributed by atoms with Gasteiger partial charge in [0.25, 0.3) is 0 Å². The van der Waals surface area contributed by atoms with Crippen molar-refractivity contribution in [1.29, 1.82) is 0 Å². The Morgan fingerprint density at radius 3 is 2.27 bits per heavy atom. The highest BCUT2D eigenvalue weighted by atomic mass is 16.3. The first-order valence-corrected chi connectivity index (χ1v) is 3.33. The van der Waals surface area contributed by atoms with E-state index in [0.717, 1.165) is 0 Å². The van der Waals surface area contributed by atoms with Crippen LogP contribution in [0.25, 0.3) is 0 Å². The molecule has 1 atom stereocenters. The van der Waals surface area contributed by atoms with E-state index in [0.29, 0.717) is 12.8 Å². The molecule has 0 aliphatic heterocycles. The number of hydrogen-bond donors (Lipinski definition) is 2. The average molecular weight is 160 g/mol. The van der Waals surface area contributed by atoms with Crippen LogP contribution in [-0.2, 0) is 0 Å². The monoisotopic (exact) mass is 160 g/mol. The van der Waals surface area contributed by atoms with Crippen molar-refractivity contribution >= 4 is 0 Å². The zero-order chi connectivity index (χ0) is 8.91. The molecule has 0 rings (SSSR count). The number of nitroso groups, excluding NO2 is 2. The predicted octanol–water partition coefficient (Wildman–Crippen LogP) is 0.259. The van der Waals surface area contributed by atoms with Gasteiger partial charge in [-0.15, -0.1) is 4.91 Å². The molecular formula is C5H12N4O2. The van der Waals surface area contributed by atoms with E-state index in [1.165, 1.54) is 0 Å². The van der Waals surface area contributed by atoms with Gasteiger partial charge in [-0.2, -0.15) is 4.91 Å². The molecule has 4 N–H and O–H groups in total. The SMILES string of the molecule is CCCC(N=O)C(N)(N)N=O. The first-order chi connectivity index (χ1) is 5.08. The standard InChI is InChI=1S/C5H12N4O2/c1-2-3-4(8-10)5(6,7)9-11/h4H,2-3,6-7H2,1H3. The Hall–Kier alpha value is -0.880. The number of rotatable bonds is 5. The van der Waals surface area contributed by atoms with Crippen molar-refractivity contribution in [3.05, 3.63) is 9.81 Å². The van der Waals surface area contributed by atoms with Crippen molar-refractivity contribution in [1.82, 2.24) is 0 Å². The van der Waals surface area contributed by atoms with Crippen molar-refractivity contribution in [2.45, 2.75) is 31.6 Å². The predicted molar refractivity (Wildman–Crippen MR) is 41.4 cm³/mol. The third-order valence-electron chi connectivity index (χ3n) is 1.38. The molecule has 0 saturated heterocycles. The van der Waals surface area contributed by atoms with E-state index in [2.05, 4.69) is 10.4 Å². The van der Waals surface area contributed by atoms with E-state index in [1.54, 1.807) is 0 Å². The number of nitrogens with two attached hydrogens (primary N) is 2. The summed E-state index contributed by atoms with van der Waals surface area (Å²) >= 11 is 0. The maximum atomic E-state index is 10.1. The lowest BCUT2D eigenvalue weighted by Gasteiger charge is -2.19. The topological polar surface area (TPSA) is 111 Å². The average Bonchev–Trinajstić information content (AvgIpc) is 2.00. The van der Waals surface area contributed by atoms with Crippen LogP contribution in [0.15, 0.2) is 10.4 Å². The molecule has 11 heavy (non-hydrogen) atoms. The summed E-state index contributed by atoms with van der Waals surface area (Å²) in [5.74, 6) is -1.85. The van der Waals surface area contributed by atoms with Gasteiger partial charge in [-0.3, -0.25) is 11.5 Å². The summed E-state index contributed by atoms with van der Waals surface area (Å²) in [7, 11) is 0. The van der Waals surface area contributed by atoms with Crippen LogP contribution in [-0.4, -0.2) is 11.8 Å². The van der Waals surface area contributed by atoms with Crippen LogP contribution in [0.1, 0.15) is 19.8 Å². The van der Waals surface area contributed by atoms with Crippen LogP contribution >= 0.6 is 0 Å². The van der Waals surface area contributed by atoms with Crippen molar-refractivity contribution < 1.29 is 0 Å². The van der Waals surface area contributed by atoms with Crippen LogP contribution in [0.4, 0.5) is 0 Å². The van der Waals surface area contributed by atoms with Gasteiger partial charge in [0.2, 0.25) is 5.79 Å². The fourth-order valence-corrected chi connectivity index (χ4v) is 0.703. The zero-order valence-corrected chi connectivity index (χ0v) is 6.36. The van der Waals surface area contributed by atoms with Crippen LogP contribution in [0, 0.1) is 9.81 Å². The minimum absolute atomic E-state index is 0.377. The largest absolute Gasteiger partial charge is 0.290 e. The normalized spacial score (nSPS) is 14.1. The van der Waals surface area contributed by atoms with E-state index in [4.69, 9.17) is 11.5 Å². The Bertz CT molecular complexity index is 147. The van der Waals surface area contributed by atoms with Crippen LogP contribution < -0.4 is 11.5 Å². The molecule has 1 unspecified atom stereocenters. The van der Waals surface area contributed by atoms with Gasteiger partial charge in [-0.25, -0.2) is 0 Å². The Morgan fingerprint density at radius 2 is 2.00 bits per heavy atom. The summed E-state index contributed by atoms with van der Waals surface area (Å²) in [5, 5.41) is 5.05. The maximum Gasteiger partial charge on any atom is 0.227 e. The van der Waals surface area contributed by atoms with Gasteiger partial charge in [-0.05, 0) is 11.6 Å². The smallest absolute Gasteiger partial charge is 0.227 e. The zero-order valence-electron chi connectivity index (χ0n) is 6.36. The van der Waals surface area contributed by atoms with Crippen molar-refractivity contribution in [2.75, 3.05) is 0 Å². The minimum Gasteiger partial charge on any atom is -0.290 e. The molecule has 0 aliphatic rings. The molecule has 0 aromatic rings. The van der Waals surface area contributed by atoms with Crippen LogP contribution in [0.5, 0.6) is 0 Å². The van der Waals surface area contributed by atoms with E-state index >= 15 is 0 Å². The van der Waals surface area contributed by atoms with Gasteiger partial charge in [-0.1, -0.05) is 18.5 Å². The molecule has 0 aromatic heterocycles. The molecule has 0 spiro atoms. The fourth-order valence-electron chi connectivity index (χ4n) is 0.703. The summed E-state index contributed by atoms with van der Waals surface area (Å²) in [4.78, 5) is 20.1. The quantitative estimate of drug-likeness (QED) is 0.443. The Labute approximate surface area is 64.3 Å². The van der Waals surface area contributed by atoms with E-state index in [-0.39, 0.29) is 0 Å². The second-order valence-electron chi connectivity index (χ2n) is 2.39. The third kappa shape index (κ3) is 2.69. The van der Waals surface area contributed by atoms with Gasteiger partial charge in [0.05, 0.1) is 0 Å². The van der Waals surface area contributed by atoms with Crippen molar-refractivity contribution in [2.24, 2.45) is 21.8 Å². The highest BCUT2D eigenvalue weighted by Crippen LogP contribution is 2.11. The second-order valence-corrected chi connectivity index (χ2v) is 2.39. The Morgan fingerprint density at radius 1 is 1.45 bits per heavy atom. The molecule has 0 radical (unpaired) electrons. The number of nitrogens with zero attached hydrogens (tertiary/aromatic N) is 2. The molecule has 0 bridgehead atoms. The first-order valence-electron chi connectivity index (χ1n) is 3.33. The summed E-state index contributed by atoms with van der Waals surface area (Å²) in [5.41, 5.74) is 10.3. The molecule has 0 fully saturated rings. The van der Waals surface area contributed by atoms with E-state index in [9.17, 15) is 9.81 Å². The molecule has 6 heteroatoms. The van der Waals surface area contributed by atoms with Gasteiger partial charge in [0.1, 0.15) is 6.04 Å². The summed E-state index contributed by atoms with van der Waals surface area (Å²) < 4.78 is 0. The first kappa shape index (κ1) is 10.1. The summed E-state index contributed by atoms with van der Waals surface area (Å²) in [6.45, 7) is 1.83. The highest BCUT2D eigenvalue weighted by Gasteiger charge is 2.32. The molecule has 0 heterocycles. The molecule has 0 aromatic carbocycles. The minimum atomic E-state index is -1.85. The lowest BCUT2D eigenvalue weighted by atomic mass is 10.1. The molecule has 0 amide bonds. The summed E-state index contributed by atoms with van der Waals surface area (Å²) in [6, 6.07) is -0.926. The van der Waals surface area contributed by atoms with E-state index < -0.39 is 11.8 Å². The Kier molecular flexibility index (Phi) is 3.77. The second kappa shape index (κ2) is 4.09. The van der Waals surface area contributed by atoms with Gasteiger partial charge in [0, 0.05) is 0 Å². The molecular weight excluding hydrogens is 148 g/mol. The summed E-state index contributed by atoms with van der Waals surface area (Å²) in [6.07, 6.45) is 1.06. The van der Waals surface area contributed by atoms with Crippen LogP contribution in [0.2, 0.25) is 0 Å². The van der Waals surface area contributed by atoms with E-state index in [1.807, 2.05) is 6.92 Å². The third-order valence-corrected chi connectivity index (χ3v) is 1.38. The molecule has 6 nitrogen and oxygen atoms in total. The fraction of sp³-hybridized carbons (Fsp3) is 1.00. The maximum absolute atomic E-state index is 10.1. The van der Waals surface area contributed by atoms with Crippen molar-refractivity contribution in [3.8, 4) is 0 Å².